The van der Waals surface area contributed by atoms with Crippen molar-refractivity contribution in [3.63, 3.8) is 0 Å². The molecule has 0 aliphatic heterocycles. The van der Waals surface area contributed by atoms with Gasteiger partial charge in [-0.05, 0) is 19.4 Å². The molecule has 0 saturated carbocycles. The molecule has 1 heterocycles. The molecule has 15 heavy (non-hydrogen) atoms. The number of carbonyl (C=O) groups excluding carboxylic acids is 1. The molecule has 1 aromatic rings. The first-order valence-electron chi connectivity index (χ1n) is 5.17. The largest absolute Gasteiger partial charge is 0.338 e. The topological polar surface area (TPSA) is 53.2 Å². The number of amides is 1. The van der Waals surface area contributed by atoms with Gasteiger partial charge in [-0.2, -0.15) is 0 Å². The van der Waals surface area contributed by atoms with Gasteiger partial charge in [-0.25, -0.2) is 0 Å². The molecule has 0 aliphatic carbocycles. The van der Waals surface area contributed by atoms with Crippen molar-refractivity contribution in [2.75, 3.05) is 13.1 Å². The van der Waals surface area contributed by atoms with Gasteiger partial charge in [-0.3, -0.25) is 9.59 Å². The Balaban J connectivity index is 2.87. The Labute approximate surface area is 88.9 Å². The van der Waals surface area contributed by atoms with Crippen molar-refractivity contribution in [3.05, 3.63) is 34.2 Å². The molecule has 4 heteroatoms. The van der Waals surface area contributed by atoms with Gasteiger partial charge in [0.25, 0.3) is 5.91 Å². The van der Waals surface area contributed by atoms with E-state index in [9.17, 15) is 9.59 Å². The minimum absolute atomic E-state index is 0.114. The lowest BCUT2D eigenvalue weighted by atomic mass is 10.3. The molecule has 0 atom stereocenters. The molecule has 0 bridgehead atoms. The number of carbonyl (C=O) groups is 1. The van der Waals surface area contributed by atoms with Crippen LogP contribution < -0.4 is 5.56 Å². The number of nitrogens with zero attached hydrogens (tertiary/aromatic N) is 1. The molecule has 0 saturated heterocycles. The van der Waals surface area contributed by atoms with Gasteiger partial charge in [0.15, 0.2) is 0 Å². The third kappa shape index (κ3) is 2.94. The van der Waals surface area contributed by atoms with Crippen molar-refractivity contribution in [3.8, 4) is 0 Å². The smallest absolute Gasteiger partial charge is 0.270 e. The van der Waals surface area contributed by atoms with Gasteiger partial charge < -0.3 is 9.88 Å². The van der Waals surface area contributed by atoms with Crippen LogP contribution in [0, 0.1) is 0 Å². The summed E-state index contributed by atoms with van der Waals surface area (Å²) >= 11 is 0. The highest BCUT2D eigenvalue weighted by Crippen LogP contribution is 2.00. The molecule has 1 N–H and O–H groups in total. The molecule has 4 nitrogen and oxygen atoms in total. The maximum Gasteiger partial charge on any atom is 0.270 e. The van der Waals surface area contributed by atoms with E-state index in [0.29, 0.717) is 18.8 Å². The van der Waals surface area contributed by atoms with Gasteiger partial charge in [0.2, 0.25) is 5.56 Å². The van der Waals surface area contributed by atoms with E-state index in [0.717, 1.165) is 6.42 Å². The first-order chi connectivity index (χ1) is 7.19. The summed E-state index contributed by atoms with van der Waals surface area (Å²) in [6, 6.07) is 4.61. The molecule has 1 rings (SSSR count). The van der Waals surface area contributed by atoms with E-state index in [-0.39, 0.29) is 11.5 Å². The molecule has 0 unspecified atom stereocenters. The number of H-pyrrole nitrogens is 1. The fourth-order valence-corrected chi connectivity index (χ4v) is 1.42. The van der Waals surface area contributed by atoms with Crippen LogP contribution in [0.4, 0.5) is 0 Å². The Morgan fingerprint density at radius 1 is 1.40 bits per heavy atom. The van der Waals surface area contributed by atoms with E-state index >= 15 is 0 Å². The van der Waals surface area contributed by atoms with Crippen LogP contribution in [0.5, 0.6) is 0 Å². The van der Waals surface area contributed by atoms with E-state index in [1.807, 2.05) is 13.8 Å². The van der Waals surface area contributed by atoms with E-state index in [1.54, 1.807) is 17.0 Å². The number of rotatable bonds is 4. The summed E-state index contributed by atoms with van der Waals surface area (Å²) in [6.07, 6.45) is 0.913. The summed E-state index contributed by atoms with van der Waals surface area (Å²) in [7, 11) is 0. The van der Waals surface area contributed by atoms with Crippen LogP contribution in [0.25, 0.3) is 0 Å². The standard InChI is InChI=1S/C11H16N2O2/c1-3-8-13(4-2)11(15)9-6-5-7-10(14)12-9/h5-7H,3-4,8H2,1-2H3,(H,12,14). The van der Waals surface area contributed by atoms with Crippen LogP contribution in [0.2, 0.25) is 0 Å². The second kappa shape index (κ2) is 5.34. The van der Waals surface area contributed by atoms with E-state index in [1.165, 1.54) is 6.07 Å². The molecule has 0 aliphatic rings. The molecular formula is C11H16N2O2. The van der Waals surface area contributed by atoms with Crippen LogP contribution in [0.15, 0.2) is 23.0 Å². The van der Waals surface area contributed by atoms with Crippen LogP contribution in [-0.2, 0) is 0 Å². The summed E-state index contributed by atoms with van der Waals surface area (Å²) in [5.74, 6) is -0.114. The lowest BCUT2D eigenvalue weighted by Crippen LogP contribution is -2.33. The molecule has 0 spiro atoms. The number of aromatic nitrogens is 1. The average molecular weight is 208 g/mol. The summed E-state index contributed by atoms with van der Waals surface area (Å²) < 4.78 is 0. The van der Waals surface area contributed by atoms with Gasteiger partial charge in [0.05, 0.1) is 0 Å². The van der Waals surface area contributed by atoms with E-state index in [2.05, 4.69) is 4.98 Å². The summed E-state index contributed by atoms with van der Waals surface area (Å²) in [5, 5.41) is 0. The van der Waals surface area contributed by atoms with Crippen molar-refractivity contribution >= 4 is 5.91 Å². The first-order valence-corrected chi connectivity index (χ1v) is 5.17. The van der Waals surface area contributed by atoms with Crippen molar-refractivity contribution in [1.29, 1.82) is 0 Å². The second-order valence-electron chi connectivity index (χ2n) is 3.31. The maximum absolute atomic E-state index is 11.9. The number of pyridine rings is 1. The Kier molecular flexibility index (Phi) is 4.09. The molecular weight excluding hydrogens is 192 g/mol. The lowest BCUT2D eigenvalue weighted by Gasteiger charge is -2.19. The maximum atomic E-state index is 11.9. The van der Waals surface area contributed by atoms with Gasteiger partial charge in [0.1, 0.15) is 5.69 Å². The van der Waals surface area contributed by atoms with Crippen molar-refractivity contribution in [1.82, 2.24) is 9.88 Å². The third-order valence-corrected chi connectivity index (χ3v) is 2.16. The van der Waals surface area contributed by atoms with Crippen molar-refractivity contribution in [2.24, 2.45) is 0 Å². The average Bonchev–Trinajstić information content (AvgIpc) is 2.25. The van der Waals surface area contributed by atoms with Crippen LogP contribution in [0.3, 0.4) is 0 Å². The fraction of sp³-hybridized carbons (Fsp3) is 0.455. The van der Waals surface area contributed by atoms with Crippen LogP contribution >= 0.6 is 0 Å². The molecule has 0 fully saturated rings. The van der Waals surface area contributed by atoms with E-state index < -0.39 is 0 Å². The first kappa shape index (κ1) is 11.5. The molecule has 0 radical (unpaired) electrons. The monoisotopic (exact) mass is 208 g/mol. The highest BCUT2D eigenvalue weighted by atomic mass is 16.2. The summed E-state index contributed by atoms with van der Waals surface area (Å²) in [5.41, 5.74) is 0.117. The Bertz CT molecular complexity index is 384. The van der Waals surface area contributed by atoms with Gasteiger partial charge in [0, 0.05) is 19.2 Å². The van der Waals surface area contributed by atoms with Crippen molar-refractivity contribution < 1.29 is 4.79 Å². The highest BCUT2D eigenvalue weighted by Gasteiger charge is 2.13. The Morgan fingerprint density at radius 2 is 2.13 bits per heavy atom. The van der Waals surface area contributed by atoms with Gasteiger partial charge in [-0.1, -0.05) is 13.0 Å². The number of nitrogens with one attached hydrogen (secondary N) is 1. The summed E-state index contributed by atoms with van der Waals surface area (Å²) in [6.45, 7) is 5.31. The zero-order valence-corrected chi connectivity index (χ0v) is 9.12. The van der Waals surface area contributed by atoms with Gasteiger partial charge in [-0.15, -0.1) is 0 Å². The molecule has 1 aromatic heterocycles. The summed E-state index contributed by atoms with van der Waals surface area (Å²) in [4.78, 5) is 27.2. The SMILES string of the molecule is CCCN(CC)C(=O)c1cccc(=O)[nH]1. The molecule has 0 aromatic carbocycles. The molecule has 1 amide bonds. The zero-order chi connectivity index (χ0) is 11.3. The second-order valence-corrected chi connectivity index (χ2v) is 3.31. The fourth-order valence-electron chi connectivity index (χ4n) is 1.42. The predicted octanol–water partition coefficient (Wildman–Crippen LogP) is 1.25. The minimum Gasteiger partial charge on any atom is -0.338 e. The zero-order valence-electron chi connectivity index (χ0n) is 9.12. The van der Waals surface area contributed by atoms with Crippen LogP contribution in [-0.4, -0.2) is 28.9 Å². The Morgan fingerprint density at radius 3 is 2.67 bits per heavy atom. The Hall–Kier alpha value is -1.58. The highest BCUT2D eigenvalue weighted by molar-refractivity contribution is 5.92. The van der Waals surface area contributed by atoms with Gasteiger partial charge >= 0.3 is 0 Å². The predicted molar refractivity (Wildman–Crippen MR) is 58.9 cm³/mol. The number of aromatic amines is 1. The number of hydrogen-bond acceptors (Lipinski definition) is 2. The quantitative estimate of drug-likeness (QED) is 0.809. The minimum atomic E-state index is -0.242. The third-order valence-electron chi connectivity index (χ3n) is 2.16. The van der Waals surface area contributed by atoms with Crippen LogP contribution in [0.1, 0.15) is 30.8 Å². The normalized spacial score (nSPS) is 10.0. The van der Waals surface area contributed by atoms with E-state index in [4.69, 9.17) is 0 Å². The lowest BCUT2D eigenvalue weighted by molar-refractivity contribution is 0.0758. The van der Waals surface area contributed by atoms with Crippen molar-refractivity contribution in [2.45, 2.75) is 20.3 Å². The number of hydrogen-bond donors (Lipinski definition) is 1. The molecule has 82 valence electrons.